The van der Waals surface area contributed by atoms with Crippen molar-refractivity contribution in [2.45, 2.75) is 32.9 Å². The van der Waals surface area contributed by atoms with E-state index >= 15 is 0 Å². The van der Waals surface area contributed by atoms with E-state index in [1.807, 2.05) is 59.8 Å². The fourth-order valence-electron chi connectivity index (χ4n) is 2.02. The molecule has 0 spiro atoms. The maximum Gasteiger partial charge on any atom is 0.408 e. The molecule has 0 fully saturated rings. The van der Waals surface area contributed by atoms with Gasteiger partial charge in [-0.25, -0.2) is 9.59 Å². The summed E-state index contributed by atoms with van der Waals surface area (Å²) < 4.78 is 10.6. The number of benzene rings is 1. The standard InChI is InChI=1S/C18H24INO6/c1-3-12(2)15(17(23)25-11-14(9-19)16(21)22)20-18(24)26-10-13-7-5-4-6-8-13/h4-8,12,14-15H,3,9-11H2,1-2H3,(H,20,24)(H,21,22)/t12?,14?,15-/m0/s1. The highest BCUT2D eigenvalue weighted by Gasteiger charge is 2.29. The van der Waals surface area contributed by atoms with Crippen LogP contribution < -0.4 is 5.32 Å². The average molecular weight is 477 g/mol. The van der Waals surface area contributed by atoms with E-state index in [-0.39, 0.29) is 19.1 Å². The normalized spacial score (nSPS) is 14.0. The number of rotatable bonds is 10. The number of aliphatic carboxylic acids is 1. The Morgan fingerprint density at radius 3 is 2.38 bits per heavy atom. The first-order valence-electron chi connectivity index (χ1n) is 8.31. The fraction of sp³-hybridized carbons (Fsp3) is 0.500. The van der Waals surface area contributed by atoms with E-state index in [0.29, 0.717) is 10.8 Å². The monoisotopic (exact) mass is 477 g/mol. The van der Waals surface area contributed by atoms with E-state index < -0.39 is 30.0 Å². The molecule has 2 unspecified atom stereocenters. The van der Waals surface area contributed by atoms with Gasteiger partial charge < -0.3 is 19.9 Å². The molecule has 0 aliphatic carbocycles. The van der Waals surface area contributed by atoms with Crippen molar-refractivity contribution in [3.05, 3.63) is 35.9 Å². The Morgan fingerprint density at radius 2 is 1.85 bits per heavy atom. The molecule has 144 valence electrons. The van der Waals surface area contributed by atoms with Crippen LogP contribution in [0.2, 0.25) is 0 Å². The summed E-state index contributed by atoms with van der Waals surface area (Å²) in [6.07, 6.45) is -0.0901. The van der Waals surface area contributed by atoms with Gasteiger partial charge in [0.2, 0.25) is 0 Å². The number of nitrogens with one attached hydrogen (secondary N) is 1. The molecule has 1 amide bonds. The van der Waals surface area contributed by atoms with E-state index in [1.54, 1.807) is 6.92 Å². The van der Waals surface area contributed by atoms with Gasteiger partial charge in [-0.2, -0.15) is 0 Å². The van der Waals surface area contributed by atoms with Crippen LogP contribution in [0.1, 0.15) is 25.8 Å². The molecule has 7 nitrogen and oxygen atoms in total. The summed E-state index contributed by atoms with van der Waals surface area (Å²) in [5.41, 5.74) is 0.830. The topological polar surface area (TPSA) is 102 Å². The summed E-state index contributed by atoms with van der Waals surface area (Å²) in [7, 11) is 0. The van der Waals surface area contributed by atoms with Crippen molar-refractivity contribution in [1.82, 2.24) is 5.32 Å². The van der Waals surface area contributed by atoms with Gasteiger partial charge in [-0.3, -0.25) is 4.79 Å². The number of carboxylic acids is 1. The van der Waals surface area contributed by atoms with Gasteiger partial charge in [-0.1, -0.05) is 73.2 Å². The molecule has 1 rings (SSSR count). The van der Waals surface area contributed by atoms with Crippen LogP contribution in [0.25, 0.3) is 0 Å². The van der Waals surface area contributed by atoms with Gasteiger partial charge in [0.05, 0.1) is 5.92 Å². The van der Waals surface area contributed by atoms with E-state index in [9.17, 15) is 14.4 Å². The molecular formula is C18H24INO6. The number of esters is 1. The fourth-order valence-corrected chi connectivity index (χ4v) is 2.65. The van der Waals surface area contributed by atoms with Gasteiger partial charge in [0, 0.05) is 4.43 Å². The molecule has 0 saturated carbocycles. The number of hydrogen-bond acceptors (Lipinski definition) is 5. The lowest BCUT2D eigenvalue weighted by Crippen LogP contribution is -2.46. The quantitative estimate of drug-likeness (QED) is 0.305. The summed E-state index contributed by atoms with van der Waals surface area (Å²) >= 11 is 1.92. The van der Waals surface area contributed by atoms with Gasteiger partial charge in [-0.15, -0.1) is 0 Å². The van der Waals surface area contributed by atoms with Gasteiger partial charge in [0.1, 0.15) is 19.3 Å². The Labute approximate surface area is 166 Å². The van der Waals surface area contributed by atoms with Crippen LogP contribution in [0.4, 0.5) is 4.79 Å². The van der Waals surface area contributed by atoms with Gasteiger partial charge in [0.15, 0.2) is 0 Å². The summed E-state index contributed by atoms with van der Waals surface area (Å²) in [6, 6.07) is 8.28. The molecule has 0 saturated heterocycles. The molecule has 26 heavy (non-hydrogen) atoms. The highest BCUT2D eigenvalue weighted by molar-refractivity contribution is 14.1. The molecule has 0 aliphatic rings. The molecule has 0 radical (unpaired) electrons. The lowest BCUT2D eigenvalue weighted by atomic mass is 9.99. The highest BCUT2D eigenvalue weighted by Crippen LogP contribution is 2.12. The number of carboxylic acid groups (broad SMARTS) is 1. The number of alkyl halides is 1. The van der Waals surface area contributed by atoms with Gasteiger partial charge in [-0.05, 0) is 11.5 Å². The summed E-state index contributed by atoms with van der Waals surface area (Å²) in [5.74, 6) is -2.65. The lowest BCUT2D eigenvalue weighted by Gasteiger charge is -2.23. The van der Waals surface area contributed by atoms with E-state index in [1.165, 1.54) is 0 Å². The SMILES string of the molecule is CCC(C)[C@H](NC(=O)OCc1ccccc1)C(=O)OCC(CI)C(=O)O. The molecule has 0 heterocycles. The molecule has 0 aliphatic heterocycles. The first-order valence-corrected chi connectivity index (χ1v) is 9.84. The number of ether oxygens (including phenoxy) is 2. The predicted molar refractivity (Wildman–Crippen MR) is 104 cm³/mol. The predicted octanol–water partition coefficient (Wildman–Crippen LogP) is 3.01. The van der Waals surface area contributed by atoms with Crippen LogP contribution in [-0.4, -0.2) is 40.2 Å². The van der Waals surface area contributed by atoms with Crippen molar-refractivity contribution >= 4 is 40.6 Å². The summed E-state index contributed by atoms with van der Waals surface area (Å²) in [4.78, 5) is 35.3. The zero-order chi connectivity index (χ0) is 19.5. The van der Waals surface area contributed by atoms with Crippen molar-refractivity contribution in [1.29, 1.82) is 0 Å². The number of hydrogen-bond donors (Lipinski definition) is 2. The molecule has 1 aromatic rings. The summed E-state index contributed by atoms with van der Waals surface area (Å²) in [5, 5.41) is 11.5. The maximum absolute atomic E-state index is 12.3. The zero-order valence-corrected chi connectivity index (χ0v) is 17.0. The van der Waals surface area contributed by atoms with Crippen LogP contribution in [-0.2, 0) is 25.7 Å². The number of carbonyl (C=O) groups is 3. The third kappa shape index (κ3) is 7.59. The van der Waals surface area contributed by atoms with Crippen LogP contribution in [0.3, 0.4) is 0 Å². The van der Waals surface area contributed by atoms with E-state index in [4.69, 9.17) is 14.6 Å². The smallest absolute Gasteiger partial charge is 0.408 e. The molecular weight excluding hydrogens is 453 g/mol. The molecule has 3 atom stereocenters. The molecule has 8 heteroatoms. The Bertz CT molecular complexity index is 595. The number of carbonyl (C=O) groups excluding carboxylic acids is 2. The maximum atomic E-state index is 12.3. The van der Waals surface area contributed by atoms with Crippen LogP contribution in [0.5, 0.6) is 0 Å². The first kappa shape index (κ1) is 22.2. The van der Waals surface area contributed by atoms with Crippen molar-refractivity contribution in [3.63, 3.8) is 0 Å². The van der Waals surface area contributed by atoms with Gasteiger partial charge >= 0.3 is 18.0 Å². The second-order valence-electron chi connectivity index (χ2n) is 5.89. The van der Waals surface area contributed by atoms with Crippen molar-refractivity contribution in [2.24, 2.45) is 11.8 Å². The number of alkyl carbamates (subject to hydrolysis) is 1. The third-order valence-corrected chi connectivity index (χ3v) is 4.98. The Morgan fingerprint density at radius 1 is 1.19 bits per heavy atom. The molecule has 1 aromatic carbocycles. The van der Waals surface area contributed by atoms with Crippen molar-refractivity contribution in [3.8, 4) is 0 Å². The number of amides is 1. The second-order valence-corrected chi connectivity index (χ2v) is 6.77. The number of halogens is 1. The van der Waals surface area contributed by atoms with Crippen LogP contribution in [0, 0.1) is 11.8 Å². The molecule has 0 aromatic heterocycles. The third-order valence-electron chi connectivity index (χ3n) is 3.92. The summed E-state index contributed by atoms with van der Waals surface area (Å²) in [6.45, 7) is 3.54. The van der Waals surface area contributed by atoms with Gasteiger partial charge in [0.25, 0.3) is 0 Å². The van der Waals surface area contributed by atoms with Crippen LogP contribution in [0.15, 0.2) is 30.3 Å². The largest absolute Gasteiger partial charge is 0.481 e. The van der Waals surface area contributed by atoms with Crippen molar-refractivity contribution in [2.75, 3.05) is 11.0 Å². The molecule has 2 N–H and O–H groups in total. The minimum Gasteiger partial charge on any atom is -0.481 e. The average Bonchev–Trinajstić information content (AvgIpc) is 2.64. The lowest BCUT2D eigenvalue weighted by molar-refractivity contribution is -0.152. The minimum absolute atomic E-state index is 0.0882. The zero-order valence-electron chi connectivity index (χ0n) is 14.8. The first-order chi connectivity index (χ1) is 12.4. The van der Waals surface area contributed by atoms with E-state index in [0.717, 1.165) is 5.56 Å². The Hall–Kier alpha value is -1.84. The van der Waals surface area contributed by atoms with Crippen LogP contribution >= 0.6 is 22.6 Å². The molecule has 0 bridgehead atoms. The second kappa shape index (κ2) is 11.7. The highest BCUT2D eigenvalue weighted by atomic mass is 127. The minimum atomic E-state index is -1.03. The van der Waals surface area contributed by atoms with E-state index in [2.05, 4.69) is 5.32 Å². The van der Waals surface area contributed by atoms with Crippen molar-refractivity contribution < 1.29 is 29.0 Å². The Kier molecular flexibility index (Phi) is 10.0. The Balaban J connectivity index is 2.60.